The van der Waals surface area contributed by atoms with Crippen LogP contribution in [0.5, 0.6) is 0 Å². The number of aryl methyl sites for hydroxylation is 3. The van der Waals surface area contributed by atoms with Crippen molar-refractivity contribution >= 4 is 40.3 Å². The molecule has 8 heteroatoms. The quantitative estimate of drug-likeness (QED) is 0.473. The Hall–Kier alpha value is -2.64. The molecule has 0 saturated heterocycles. The molecule has 0 aliphatic rings. The number of hydrogen-bond acceptors (Lipinski definition) is 6. The van der Waals surface area contributed by atoms with Crippen molar-refractivity contribution in [1.82, 2.24) is 24.5 Å². The second kappa shape index (κ2) is 9.71. The predicted molar refractivity (Wildman–Crippen MR) is 119 cm³/mol. The lowest BCUT2D eigenvalue weighted by Gasteiger charge is -2.09. The fourth-order valence-corrected chi connectivity index (χ4v) is 4.29. The molecule has 4 aromatic rings. The molecule has 0 aliphatic carbocycles. The highest BCUT2D eigenvalue weighted by Gasteiger charge is 2.16. The summed E-state index contributed by atoms with van der Waals surface area (Å²) in [5.74, 6) is 0.379. The molecular weight excluding hydrogens is 404 g/mol. The number of fused-ring (bicyclic) bond motifs is 1. The molecule has 0 fully saturated rings. The molecule has 0 atom stereocenters. The van der Waals surface area contributed by atoms with E-state index in [1.165, 1.54) is 6.33 Å². The van der Waals surface area contributed by atoms with E-state index in [4.69, 9.17) is 22.3 Å². The zero-order valence-electron chi connectivity index (χ0n) is 16.6. The standard InChI is InChI=1S/C19H17ClN6S.C2H6/c1-12-7-14(20)9-15(8-12)27-19-25-16-17(21)23-11-24-18(16)26(19)6-4-13-3-2-5-22-10-13;1-2/h2-3,5,7-11H,4,6H2,1H3,(H2,21,23,24);1-2H3. The van der Waals surface area contributed by atoms with Gasteiger partial charge < -0.3 is 10.3 Å². The number of pyridine rings is 1. The van der Waals surface area contributed by atoms with E-state index in [2.05, 4.69) is 31.7 Å². The van der Waals surface area contributed by atoms with Crippen LogP contribution in [0.15, 0.2) is 59.1 Å². The number of aromatic nitrogens is 5. The Morgan fingerprint density at radius 2 is 2.00 bits per heavy atom. The highest BCUT2D eigenvalue weighted by atomic mass is 35.5. The average molecular weight is 427 g/mol. The van der Waals surface area contributed by atoms with E-state index in [0.29, 0.717) is 22.9 Å². The molecule has 150 valence electrons. The molecule has 3 heterocycles. The summed E-state index contributed by atoms with van der Waals surface area (Å²) in [7, 11) is 0. The van der Waals surface area contributed by atoms with Gasteiger partial charge in [0, 0.05) is 28.9 Å². The Kier molecular flexibility index (Phi) is 7.06. The maximum atomic E-state index is 6.21. The zero-order chi connectivity index (χ0) is 20.8. The highest BCUT2D eigenvalue weighted by molar-refractivity contribution is 7.99. The number of imidazole rings is 1. The zero-order valence-corrected chi connectivity index (χ0v) is 18.2. The molecule has 0 radical (unpaired) electrons. The first-order valence-corrected chi connectivity index (χ1v) is 10.6. The molecule has 1 aromatic carbocycles. The third-order valence-corrected chi connectivity index (χ3v) is 5.28. The van der Waals surface area contributed by atoms with E-state index < -0.39 is 0 Å². The molecule has 2 N–H and O–H groups in total. The van der Waals surface area contributed by atoms with E-state index in [1.807, 2.05) is 45.2 Å². The van der Waals surface area contributed by atoms with Crippen molar-refractivity contribution in [3.63, 3.8) is 0 Å². The fourth-order valence-electron chi connectivity index (χ4n) is 2.87. The minimum Gasteiger partial charge on any atom is -0.382 e. The van der Waals surface area contributed by atoms with Crippen molar-refractivity contribution in [2.75, 3.05) is 5.73 Å². The first kappa shape index (κ1) is 21.1. The van der Waals surface area contributed by atoms with Crippen LogP contribution in [0.1, 0.15) is 25.0 Å². The Bertz CT molecular complexity index is 1080. The SMILES string of the molecule is CC.Cc1cc(Cl)cc(Sc2nc3c(N)ncnc3n2CCc2cccnc2)c1. The summed E-state index contributed by atoms with van der Waals surface area (Å²) in [6, 6.07) is 9.93. The largest absolute Gasteiger partial charge is 0.382 e. The molecule has 0 spiro atoms. The number of nitrogens with zero attached hydrogens (tertiary/aromatic N) is 5. The smallest absolute Gasteiger partial charge is 0.175 e. The van der Waals surface area contributed by atoms with E-state index in [-0.39, 0.29) is 0 Å². The van der Waals surface area contributed by atoms with Gasteiger partial charge in [0.25, 0.3) is 0 Å². The van der Waals surface area contributed by atoms with Crippen molar-refractivity contribution < 1.29 is 0 Å². The molecule has 0 aliphatic heterocycles. The van der Waals surface area contributed by atoms with Crippen LogP contribution < -0.4 is 5.73 Å². The monoisotopic (exact) mass is 426 g/mol. The molecule has 0 amide bonds. The second-order valence-corrected chi connectivity index (χ2v) is 7.63. The Balaban J connectivity index is 0.00000117. The first-order valence-electron chi connectivity index (χ1n) is 9.41. The van der Waals surface area contributed by atoms with Crippen LogP contribution in [0, 0.1) is 6.92 Å². The van der Waals surface area contributed by atoms with Gasteiger partial charge in [-0.1, -0.05) is 43.3 Å². The van der Waals surface area contributed by atoms with Gasteiger partial charge in [-0.25, -0.2) is 15.0 Å². The predicted octanol–water partition coefficient (Wildman–Crippen LogP) is 5.19. The van der Waals surface area contributed by atoms with Crippen molar-refractivity contribution in [3.8, 4) is 0 Å². The number of anilines is 1. The lowest BCUT2D eigenvalue weighted by molar-refractivity contribution is 0.646. The Morgan fingerprint density at radius 3 is 2.72 bits per heavy atom. The summed E-state index contributed by atoms with van der Waals surface area (Å²) < 4.78 is 2.07. The fraction of sp³-hybridized carbons (Fsp3) is 0.238. The molecule has 0 saturated carbocycles. The number of rotatable bonds is 5. The van der Waals surface area contributed by atoms with E-state index in [9.17, 15) is 0 Å². The van der Waals surface area contributed by atoms with Gasteiger partial charge in [0.1, 0.15) is 6.33 Å². The van der Waals surface area contributed by atoms with Crippen molar-refractivity contribution in [1.29, 1.82) is 0 Å². The maximum Gasteiger partial charge on any atom is 0.175 e. The van der Waals surface area contributed by atoms with Gasteiger partial charge in [-0.3, -0.25) is 4.98 Å². The van der Waals surface area contributed by atoms with E-state index in [1.54, 1.807) is 18.0 Å². The number of nitrogen functional groups attached to an aromatic ring is 1. The molecule has 6 nitrogen and oxygen atoms in total. The summed E-state index contributed by atoms with van der Waals surface area (Å²) in [6.07, 6.45) is 5.92. The molecule has 4 rings (SSSR count). The summed E-state index contributed by atoms with van der Waals surface area (Å²) in [6.45, 7) is 6.73. The first-order chi connectivity index (χ1) is 14.1. The normalized spacial score (nSPS) is 10.6. The van der Waals surface area contributed by atoms with Gasteiger partial charge in [-0.15, -0.1) is 0 Å². The van der Waals surface area contributed by atoms with E-state index in [0.717, 1.165) is 33.2 Å². The molecule has 0 bridgehead atoms. The minimum atomic E-state index is 0.379. The van der Waals surface area contributed by atoms with Gasteiger partial charge >= 0.3 is 0 Å². The van der Waals surface area contributed by atoms with Crippen LogP contribution in [0.25, 0.3) is 11.2 Å². The molecular formula is C21H23ClN6S. The average Bonchev–Trinajstić information content (AvgIpc) is 3.06. The Labute approximate surface area is 179 Å². The molecule has 3 aromatic heterocycles. The number of benzene rings is 1. The van der Waals surface area contributed by atoms with Crippen molar-refractivity contribution in [3.05, 3.63) is 65.2 Å². The van der Waals surface area contributed by atoms with Gasteiger partial charge in [0.2, 0.25) is 0 Å². The van der Waals surface area contributed by atoms with Gasteiger partial charge in [0.05, 0.1) is 0 Å². The maximum absolute atomic E-state index is 6.21. The van der Waals surface area contributed by atoms with Crippen LogP contribution >= 0.6 is 23.4 Å². The molecule has 29 heavy (non-hydrogen) atoms. The lowest BCUT2D eigenvalue weighted by Crippen LogP contribution is -2.04. The number of hydrogen-bond donors (Lipinski definition) is 1. The van der Waals surface area contributed by atoms with Crippen molar-refractivity contribution in [2.45, 2.75) is 43.8 Å². The van der Waals surface area contributed by atoms with Crippen LogP contribution in [0.4, 0.5) is 5.82 Å². The summed E-state index contributed by atoms with van der Waals surface area (Å²) >= 11 is 7.75. The summed E-state index contributed by atoms with van der Waals surface area (Å²) in [5, 5.41) is 1.51. The third kappa shape index (κ3) is 5.05. The minimum absolute atomic E-state index is 0.379. The summed E-state index contributed by atoms with van der Waals surface area (Å²) in [5.41, 5.74) is 9.61. The van der Waals surface area contributed by atoms with Crippen molar-refractivity contribution in [2.24, 2.45) is 0 Å². The lowest BCUT2D eigenvalue weighted by atomic mass is 10.2. The van der Waals surface area contributed by atoms with Crippen LogP contribution in [0.3, 0.4) is 0 Å². The highest BCUT2D eigenvalue weighted by Crippen LogP contribution is 2.33. The second-order valence-electron chi connectivity index (χ2n) is 6.15. The molecule has 0 unspecified atom stereocenters. The van der Waals surface area contributed by atoms with E-state index >= 15 is 0 Å². The van der Waals surface area contributed by atoms with Gasteiger partial charge in [-0.2, -0.15) is 0 Å². The van der Waals surface area contributed by atoms with Crippen LogP contribution in [0.2, 0.25) is 5.02 Å². The number of halogens is 1. The number of nitrogens with two attached hydrogens (primary N) is 1. The Morgan fingerprint density at radius 1 is 1.17 bits per heavy atom. The van der Waals surface area contributed by atoms with Crippen LogP contribution in [-0.4, -0.2) is 24.5 Å². The summed E-state index contributed by atoms with van der Waals surface area (Å²) in [4.78, 5) is 18.4. The topological polar surface area (TPSA) is 82.5 Å². The van der Waals surface area contributed by atoms with Gasteiger partial charge in [0.15, 0.2) is 22.1 Å². The van der Waals surface area contributed by atoms with Gasteiger partial charge in [-0.05, 0) is 48.7 Å². The van der Waals surface area contributed by atoms with Crippen LogP contribution in [-0.2, 0) is 13.0 Å². The third-order valence-electron chi connectivity index (χ3n) is 4.10.